The summed E-state index contributed by atoms with van der Waals surface area (Å²) in [5.41, 5.74) is 4.36. The molecule has 0 aromatic heterocycles. The Kier molecular flexibility index (Phi) is 8.31. The molecule has 0 heterocycles. The fourth-order valence-electron chi connectivity index (χ4n) is 4.23. The molecular weight excluding hydrogens is 539 g/mol. The maximum absolute atomic E-state index is 12.9. The topological polar surface area (TPSA) is 52.6 Å². The second-order valence-electron chi connectivity index (χ2n) is 9.46. The summed E-state index contributed by atoms with van der Waals surface area (Å²) in [6.45, 7) is 8.09. The predicted molar refractivity (Wildman–Crippen MR) is 154 cm³/mol. The van der Waals surface area contributed by atoms with Gasteiger partial charge in [0.25, 0.3) is 0 Å². The number of sulfone groups is 1. The van der Waals surface area contributed by atoms with Crippen molar-refractivity contribution in [2.75, 3.05) is 7.11 Å². The molecule has 4 nitrogen and oxygen atoms in total. The third-order valence-electron chi connectivity index (χ3n) is 6.67. The van der Waals surface area contributed by atoms with Crippen molar-refractivity contribution in [1.82, 2.24) is 0 Å². The molecule has 0 amide bonds. The molecule has 38 heavy (non-hydrogen) atoms. The minimum atomic E-state index is -3.64. The van der Waals surface area contributed by atoms with Crippen molar-refractivity contribution in [3.63, 3.8) is 0 Å². The molecule has 0 atom stereocenters. The lowest BCUT2D eigenvalue weighted by Gasteiger charge is -2.28. The van der Waals surface area contributed by atoms with Crippen LogP contribution in [0.15, 0.2) is 94.7 Å². The summed E-state index contributed by atoms with van der Waals surface area (Å²) in [6.07, 6.45) is 0. The van der Waals surface area contributed by atoms with Gasteiger partial charge in [-0.15, -0.1) is 23.2 Å². The van der Waals surface area contributed by atoms with Crippen molar-refractivity contribution in [3.05, 3.63) is 120 Å². The van der Waals surface area contributed by atoms with Crippen molar-refractivity contribution in [3.8, 4) is 17.2 Å². The van der Waals surface area contributed by atoms with Crippen molar-refractivity contribution < 1.29 is 17.9 Å². The molecule has 0 saturated heterocycles. The quantitative estimate of drug-likeness (QED) is 0.151. The Morgan fingerprint density at radius 2 is 1.21 bits per heavy atom. The highest BCUT2D eigenvalue weighted by atomic mass is 35.5. The number of ether oxygens (including phenoxy) is 2. The van der Waals surface area contributed by atoms with Gasteiger partial charge in [0.05, 0.1) is 28.7 Å². The standard InChI is InChI=1S/C31H29Cl2O4S/c1-21-5-11-27(12-6-21)38(34,35)28-13-9-26(10-14-28)37-30-16-8-25(18-23(30)20-33)31(2,3)24-7-15-29(36-4)22(17-24)19-32/h5-18H,1,19-20H2,2-4H3/q+1. The van der Waals surface area contributed by atoms with Crippen LogP contribution in [0.5, 0.6) is 17.2 Å². The van der Waals surface area contributed by atoms with E-state index in [1.165, 1.54) is 0 Å². The lowest BCUT2D eigenvalue weighted by atomic mass is 9.77. The number of alkyl halides is 2. The Morgan fingerprint density at radius 1 is 0.737 bits per heavy atom. The summed E-state index contributed by atoms with van der Waals surface area (Å²) in [7, 11) is -2.00. The van der Waals surface area contributed by atoms with E-state index in [4.69, 9.17) is 32.7 Å². The molecule has 4 rings (SSSR count). The number of hydrogen-bond donors (Lipinski definition) is 0. The molecule has 0 spiro atoms. The Hall–Kier alpha value is -3.12. The fourth-order valence-corrected chi connectivity index (χ4v) is 5.91. The van der Waals surface area contributed by atoms with Crippen molar-refractivity contribution in [2.24, 2.45) is 0 Å². The normalized spacial score (nSPS) is 11.8. The third-order valence-corrected chi connectivity index (χ3v) is 9.03. The maximum Gasteiger partial charge on any atom is 0.208 e. The third kappa shape index (κ3) is 5.65. The molecule has 0 aliphatic carbocycles. The first-order valence-electron chi connectivity index (χ1n) is 12.0. The van der Waals surface area contributed by atoms with E-state index in [1.807, 2.05) is 30.3 Å². The van der Waals surface area contributed by atoms with Crippen LogP contribution in [0.1, 0.15) is 41.7 Å². The van der Waals surface area contributed by atoms with E-state index in [1.54, 1.807) is 55.6 Å². The van der Waals surface area contributed by atoms with Gasteiger partial charge in [-0.2, -0.15) is 0 Å². The average Bonchev–Trinajstić information content (AvgIpc) is 2.93. The van der Waals surface area contributed by atoms with Gasteiger partial charge in [0, 0.05) is 47.7 Å². The van der Waals surface area contributed by atoms with E-state index in [0.717, 1.165) is 33.6 Å². The second-order valence-corrected chi connectivity index (χ2v) is 11.9. The highest BCUT2D eigenvalue weighted by Crippen LogP contribution is 2.38. The first-order chi connectivity index (χ1) is 18.1. The number of hydrogen-bond acceptors (Lipinski definition) is 4. The fraction of sp³-hybridized carbons (Fsp3) is 0.194. The van der Waals surface area contributed by atoms with E-state index in [-0.39, 0.29) is 21.1 Å². The van der Waals surface area contributed by atoms with Crippen LogP contribution >= 0.6 is 23.2 Å². The van der Waals surface area contributed by atoms with E-state index < -0.39 is 9.84 Å². The Labute approximate surface area is 235 Å². The van der Waals surface area contributed by atoms with Gasteiger partial charge in [-0.3, -0.25) is 0 Å². The van der Waals surface area contributed by atoms with Crippen LogP contribution in [0.25, 0.3) is 0 Å². The van der Waals surface area contributed by atoms with Crippen molar-refractivity contribution in [1.29, 1.82) is 0 Å². The molecule has 0 N–H and O–H groups in total. The summed E-state index contributed by atoms with van der Waals surface area (Å²) < 4.78 is 37.4. The lowest BCUT2D eigenvalue weighted by molar-refractivity contribution is 0.410. The smallest absolute Gasteiger partial charge is 0.208 e. The molecule has 196 valence electrons. The van der Waals surface area contributed by atoms with E-state index in [2.05, 4.69) is 26.8 Å². The largest absolute Gasteiger partial charge is 0.496 e. The molecule has 0 aliphatic heterocycles. The zero-order valence-electron chi connectivity index (χ0n) is 21.5. The summed E-state index contributed by atoms with van der Waals surface area (Å²) in [4.78, 5) is 0.406. The van der Waals surface area contributed by atoms with Gasteiger partial charge in [-0.25, -0.2) is 8.42 Å². The zero-order chi connectivity index (χ0) is 27.5. The molecule has 0 unspecified atom stereocenters. The molecule has 0 radical (unpaired) electrons. The SMILES string of the molecule is [CH2+]c1ccc(S(=O)(=O)c2ccc(Oc3ccc(C(C)(C)c4ccc(OC)c(CCl)c4)cc3CCl)cc2)cc1. The molecule has 4 aromatic rings. The van der Waals surface area contributed by atoms with Crippen LogP contribution in [-0.2, 0) is 27.0 Å². The number of halogens is 2. The van der Waals surface area contributed by atoms with Crippen molar-refractivity contribution in [2.45, 2.75) is 40.8 Å². The Morgan fingerprint density at radius 3 is 1.71 bits per heavy atom. The van der Waals surface area contributed by atoms with Crippen LogP contribution in [0.4, 0.5) is 0 Å². The van der Waals surface area contributed by atoms with Gasteiger partial charge in [-0.1, -0.05) is 32.0 Å². The number of benzene rings is 4. The van der Waals surface area contributed by atoms with Gasteiger partial charge in [-0.05, 0) is 53.6 Å². The Balaban J connectivity index is 1.58. The predicted octanol–water partition coefficient (Wildman–Crippen LogP) is 8.31. The number of methoxy groups -OCH3 is 1. The van der Waals surface area contributed by atoms with Crippen LogP contribution in [0, 0.1) is 6.92 Å². The van der Waals surface area contributed by atoms with Gasteiger partial charge < -0.3 is 9.47 Å². The van der Waals surface area contributed by atoms with E-state index in [9.17, 15) is 8.42 Å². The van der Waals surface area contributed by atoms with Crippen LogP contribution < -0.4 is 9.47 Å². The van der Waals surface area contributed by atoms with Gasteiger partial charge in [0.15, 0.2) is 0 Å². The molecule has 4 aromatic carbocycles. The summed E-state index contributed by atoms with van der Waals surface area (Å²) in [6, 6.07) is 24.8. The van der Waals surface area contributed by atoms with Crippen LogP contribution in [0.3, 0.4) is 0 Å². The first kappa shape index (κ1) is 27.9. The highest BCUT2D eigenvalue weighted by Gasteiger charge is 2.25. The molecule has 0 bridgehead atoms. The van der Waals surface area contributed by atoms with Crippen molar-refractivity contribution >= 4 is 33.0 Å². The molecule has 0 fully saturated rings. The summed E-state index contributed by atoms with van der Waals surface area (Å²) in [5.74, 6) is 2.49. The zero-order valence-corrected chi connectivity index (χ0v) is 23.8. The first-order valence-corrected chi connectivity index (χ1v) is 14.5. The highest BCUT2D eigenvalue weighted by molar-refractivity contribution is 7.91. The summed E-state index contributed by atoms with van der Waals surface area (Å²) >= 11 is 12.5. The lowest BCUT2D eigenvalue weighted by Crippen LogP contribution is -2.19. The van der Waals surface area contributed by atoms with Crippen LogP contribution in [-0.4, -0.2) is 15.5 Å². The molecular formula is C31H29Cl2O4S+. The molecule has 0 saturated carbocycles. The van der Waals surface area contributed by atoms with Gasteiger partial charge in [0.2, 0.25) is 9.84 Å². The summed E-state index contributed by atoms with van der Waals surface area (Å²) in [5, 5.41) is 0. The van der Waals surface area contributed by atoms with Gasteiger partial charge >= 0.3 is 0 Å². The van der Waals surface area contributed by atoms with Crippen LogP contribution in [0.2, 0.25) is 0 Å². The monoisotopic (exact) mass is 567 g/mol. The van der Waals surface area contributed by atoms with Gasteiger partial charge in [0.1, 0.15) is 22.8 Å². The van der Waals surface area contributed by atoms with E-state index in [0.29, 0.717) is 17.4 Å². The Bertz CT molecular complexity index is 1530. The maximum atomic E-state index is 12.9. The minimum Gasteiger partial charge on any atom is -0.496 e. The minimum absolute atomic E-state index is 0.187. The average molecular weight is 569 g/mol. The number of rotatable bonds is 9. The molecule has 0 aliphatic rings. The molecule has 7 heteroatoms. The van der Waals surface area contributed by atoms with E-state index >= 15 is 0 Å². The second kappa shape index (κ2) is 11.3.